The van der Waals surface area contributed by atoms with Gasteiger partial charge in [-0.1, -0.05) is 44.2 Å². The Balaban J connectivity index is 1.82. The van der Waals surface area contributed by atoms with Crippen molar-refractivity contribution in [3.05, 3.63) is 29.8 Å². The van der Waals surface area contributed by atoms with E-state index in [-0.39, 0.29) is 6.61 Å². The molecule has 0 aromatic heterocycles. The summed E-state index contributed by atoms with van der Waals surface area (Å²) in [5.74, 6) is 1.74. The Hall–Kier alpha value is -1.49. The van der Waals surface area contributed by atoms with Gasteiger partial charge in [-0.2, -0.15) is 5.26 Å². The molecule has 2 rings (SSSR count). The second kappa shape index (κ2) is 7.06. The lowest BCUT2D eigenvalue weighted by atomic mass is 9.85. The summed E-state index contributed by atoms with van der Waals surface area (Å²) in [5.41, 5.74) is 1.33. The van der Waals surface area contributed by atoms with E-state index in [1.165, 1.54) is 44.1 Å². The van der Waals surface area contributed by atoms with E-state index in [9.17, 15) is 0 Å². The molecule has 0 unspecified atom stereocenters. The van der Waals surface area contributed by atoms with Crippen LogP contribution in [0.15, 0.2) is 24.3 Å². The lowest BCUT2D eigenvalue weighted by molar-refractivity contribution is 0.338. The Morgan fingerprint density at radius 2 is 2.06 bits per heavy atom. The molecule has 0 atom stereocenters. The van der Waals surface area contributed by atoms with E-state index in [0.717, 1.165) is 18.1 Å². The molecule has 1 aliphatic rings. The van der Waals surface area contributed by atoms with Crippen LogP contribution in [-0.2, 0) is 6.42 Å². The third-order valence-corrected chi connectivity index (χ3v) is 3.77. The zero-order valence-electron chi connectivity index (χ0n) is 10.9. The normalized spacial score (nSPS) is 16.2. The van der Waals surface area contributed by atoms with Crippen molar-refractivity contribution >= 4 is 0 Å². The van der Waals surface area contributed by atoms with Crippen LogP contribution in [-0.4, -0.2) is 6.61 Å². The molecule has 1 fully saturated rings. The monoisotopic (exact) mass is 243 g/mol. The van der Waals surface area contributed by atoms with Gasteiger partial charge in [-0.15, -0.1) is 0 Å². The molecule has 1 aromatic rings. The maximum Gasteiger partial charge on any atom is 0.174 e. The first kappa shape index (κ1) is 13.0. The van der Waals surface area contributed by atoms with Crippen molar-refractivity contribution in [2.24, 2.45) is 5.92 Å². The third kappa shape index (κ3) is 4.07. The average molecular weight is 243 g/mol. The highest BCUT2D eigenvalue weighted by Crippen LogP contribution is 2.27. The summed E-state index contributed by atoms with van der Waals surface area (Å²) >= 11 is 0. The van der Waals surface area contributed by atoms with Gasteiger partial charge in [0.2, 0.25) is 0 Å². The first-order chi connectivity index (χ1) is 8.88. The topological polar surface area (TPSA) is 33.0 Å². The quantitative estimate of drug-likeness (QED) is 0.780. The van der Waals surface area contributed by atoms with E-state index < -0.39 is 0 Å². The predicted molar refractivity (Wildman–Crippen MR) is 72.4 cm³/mol. The number of rotatable bonds is 5. The van der Waals surface area contributed by atoms with Gasteiger partial charge >= 0.3 is 0 Å². The summed E-state index contributed by atoms with van der Waals surface area (Å²) in [4.78, 5) is 0. The Labute approximate surface area is 110 Å². The Morgan fingerprint density at radius 3 is 2.83 bits per heavy atom. The van der Waals surface area contributed by atoms with Gasteiger partial charge in [-0.25, -0.2) is 0 Å². The van der Waals surface area contributed by atoms with E-state index in [4.69, 9.17) is 10.00 Å². The fraction of sp³-hybridized carbons (Fsp3) is 0.562. The molecular formula is C16H21NO. The summed E-state index contributed by atoms with van der Waals surface area (Å²) in [6, 6.07) is 10.2. The van der Waals surface area contributed by atoms with Crippen molar-refractivity contribution in [2.45, 2.75) is 44.9 Å². The molecule has 1 saturated carbocycles. The molecule has 0 aliphatic heterocycles. The van der Waals surface area contributed by atoms with Gasteiger partial charge in [0.25, 0.3) is 0 Å². The molecule has 0 heterocycles. The maximum atomic E-state index is 8.50. The standard InChI is InChI=1S/C16H21NO/c17-11-12-18-16-8-4-7-15(13-16)10-9-14-5-2-1-3-6-14/h4,7-8,13-14H,1-3,5-6,9-10,12H2. The van der Waals surface area contributed by atoms with E-state index >= 15 is 0 Å². The van der Waals surface area contributed by atoms with Gasteiger partial charge in [-0.3, -0.25) is 0 Å². The number of aryl methyl sites for hydroxylation is 1. The second-order valence-electron chi connectivity index (χ2n) is 5.14. The lowest BCUT2D eigenvalue weighted by Crippen LogP contribution is -2.07. The van der Waals surface area contributed by atoms with Crippen molar-refractivity contribution in [1.82, 2.24) is 0 Å². The largest absolute Gasteiger partial charge is 0.479 e. The number of hydrogen-bond donors (Lipinski definition) is 0. The molecule has 96 valence electrons. The minimum atomic E-state index is 0.131. The van der Waals surface area contributed by atoms with Gasteiger partial charge in [0.05, 0.1) is 0 Å². The number of nitrogens with zero attached hydrogens (tertiary/aromatic N) is 1. The molecule has 1 aromatic carbocycles. The van der Waals surface area contributed by atoms with Gasteiger partial charge in [0.1, 0.15) is 11.8 Å². The number of ether oxygens (including phenoxy) is 1. The van der Waals surface area contributed by atoms with Crippen LogP contribution in [0, 0.1) is 17.2 Å². The third-order valence-electron chi connectivity index (χ3n) is 3.77. The van der Waals surface area contributed by atoms with Crippen molar-refractivity contribution in [3.63, 3.8) is 0 Å². The first-order valence-corrected chi connectivity index (χ1v) is 6.97. The maximum absolute atomic E-state index is 8.50. The summed E-state index contributed by atoms with van der Waals surface area (Å²) in [7, 11) is 0. The average Bonchev–Trinajstić information content (AvgIpc) is 2.44. The van der Waals surface area contributed by atoms with Gasteiger partial charge in [0, 0.05) is 0 Å². The van der Waals surface area contributed by atoms with Gasteiger partial charge in [-0.05, 0) is 36.5 Å². The van der Waals surface area contributed by atoms with Gasteiger partial charge < -0.3 is 4.74 Å². The van der Waals surface area contributed by atoms with Gasteiger partial charge in [0.15, 0.2) is 6.61 Å². The molecule has 0 N–H and O–H groups in total. The van der Waals surface area contributed by atoms with Crippen LogP contribution in [0.2, 0.25) is 0 Å². The van der Waals surface area contributed by atoms with Crippen molar-refractivity contribution < 1.29 is 4.74 Å². The molecule has 0 amide bonds. The lowest BCUT2D eigenvalue weighted by Gasteiger charge is -2.21. The van der Waals surface area contributed by atoms with Crippen molar-refractivity contribution in [1.29, 1.82) is 5.26 Å². The summed E-state index contributed by atoms with van der Waals surface area (Å²) in [5, 5.41) is 8.50. The number of benzene rings is 1. The minimum Gasteiger partial charge on any atom is -0.479 e. The first-order valence-electron chi connectivity index (χ1n) is 6.97. The molecule has 0 spiro atoms. The fourth-order valence-corrected chi connectivity index (χ4v) is 2.75. The van der Waals surface area contributed by atoms with Crippen LogP contribution in [0.5, 0.6) is 5.75 Å². The van der Waals surface area contributed by atoms with Crippen molar-refractivity contribution in [3.8, 4) is 11.8 Å². The highest BCUT2D eigenvalue weighted by atomic mass is 16.5. The zero-order valence-corrected chi connectivity index (χ0v) is 10.9. The van der Waals surface area contributed by atoms with Crippen LogP contribution in [0.4, 0.5) is 0 Å². The summed E-state index contributed by atoms with van der Waals surface area (Å²) in [6.07, 6.45) is 9.49. The SMILES string of the molecule is N#CCOc1cccc(CCC2CCCCC2)c1. The zero-order chi connectivity index (χ0) is 12.6. The molecule has 0 saturated heterocycles. The van der Waals surface area contributed by atoms with Crippen LogP contribution in [0.3, 0.4) is 0 Å². The Kier molecular flexibility index (Phi) is 5.08. The Bertz CT molecular complexity index is 402. The summed E-state index contributed by atoms with van der Waals surface area (Å²) < 4.78 is 5.33. The van der Waals surface area contributed by atoms with Crippen LogP contribution >= 0.6 is 0 Å². The number of hydrogen-bond acceptors (Lipinski definition) is 2. The highest BCUT2D eigenvalue weighted by Gasteiger charge is 2.13. The highest BCUT2D eigenvalue weighted by molar-refractivity contribution is 5.28. The molecule has 2 heteroatoms. The second-order valence-corrected chi connectivity index (χ2v) is 5.14. The molecule has 0 bridgehead atoms. The molecule has 1 aliphatic carbocycles. The molecule has 0 radical (unpaired) electrons. The smallest absolute Gasteiger partial charge is 0.174 e. The van der Waals surface area contributed by atoms with E-state index in [1.807, 2.05) is 18.2 Å². The fourth-order valence-electron chi connectivity index (χ4n) is 2.75. The van der Waals surface area contributed by atoms with Crippen LogP contribution in [0.25, 0.3) is 0 Å². The minimum absolute atomic E-state index is 0.131. The summed E-state index contributed by atoms with van der Waals surface area (Å²) in [6.45, 7) is 0.131. The molecule has 2 nitrogen and oxygen atoms in total. The van der Waals surface area contributed by atoms with Crippen LogP contribution in [0.1, 0.15) is 44.1 Å². The van der Waals surface area contributed by atoms with E-state index in [0.29, 0.717) is 0 Å². The van der Waals surface area contributed by atoms with Crippen LogP contribution < -0.4 is 4.74 Å². The van der Waals surface area contributed by atoms with E-state index in [1.54, 1.807) is 0 Å². The molecule has 18 heavy (non-hydrogen) atoms. The molecular weight excluding hydrogens is 222 g/mol. The van der Waals surface area contributed by atoms with E-state index in [2.05, 4.69) is 12.1 Å². The van der Waals surface area contributed by atoms with Crippen molar-refractivity contribution in [2.75, 3.05) is 6.61 Å². The predicted octanol–water partition coefficient (Wildman–Crippen LogP) is 4.10. The number of nitriles is 1. The Morgan fingerprint density at radius 1 is 1.22 bits per heavy atom.